The summed E-state index contributed by atoms with van der Waals surface area (Å²) < 4.78 is 5.72. The summed E-state index contributed by atoms with van der Waals surface area (Å²) in [6.45, 7) is 4.91. The maximum absolute atomic E-state index is 5.93. The van der Waals surface area contributed by atoms with Crippen LogP contribution < -0.4 is 5.73 Å². The first-order chi connectivity index (χ1) is 6.25. The fraction of sp³-hybridized carbons (Fsp3) is 1.00. The fourth-order valence-corrected chi connectivity index (χ4v) is 2.37. The van der Waals surface area contributed by atoms with E-state index < -0.39 is 0 Å². The Labute approximate surface area is 81.8 Å². The molecule has 0 spiro atoms. The standard InChI is InChI=1S/C11H23NO/c1-3-13-11(9(2)12)10-7-5-4-6-8-10/h9-11H,3-8,12H2,1-2H3. The largest absolute Gasteiger partial charge is 0.377 e. The molecule has 2 nitrogen and oxygen atoms in total. The second-order valence-electron chi connectivity index (χ2n) is 4.18. The second kappa shape index (κ2) is 5.61. The van der Waals surface area contributed by atoms with Gasteiger partial charge in [0.2, 0.25) is 0 Å². The van der Waals surface area contributed by atoms with E-state index in [1.807, 2.05) is 0 Å². The molecule has 0 aromatic carbocycles. The summed E-state index contributed by atoms with van der Waals surface area (Å²) in [5.41, 5.74) is 5.93. The Kier molecular flexibility index (Phi) is 4.74. The molecule has 0 amide bonds. The molecular formula is C11H23NO. The summed E-state index contributed by atoms with van der Waals surface area (Å²) in [5.74, 6) is 0.716. The molecule has 2 N–H and O–H groups in total. The van der Waals surface area contributed by atoms with Gasteiger partial charge in [-0.3, -0.25) is 0 Å². The molecule has 0 heterocycles. The smallest absolute Gasteiger partial charge is 0.0751 e. The number of hydrogen-bond donors (Lipinski definition) is 1. The average molecular weight is 185 g/mol. The van der Waals surface area contributed by atoms with Gasteiger partial charge >= 0.3 is 0 Å². The molecule has 0 radical (unpaired) electrons. The predicted molar refractivity (Wildman–Crippen MR) is 55.6 cm³/mol. The Bertz CT molecular complexity index is 130. The van der Waals surface area contributed by atoms with Crippen molar-refractivity contribution in [2.45, 2.75) is 58.1 Å². The van der Waals surface area contributed by atoms with Gasteiger partial charge in [0.25, 0.3) is 0 Å². The number of ether oxygens (including phenoxy) is 1. The Hall–Kier alpha value is -0.0800. The molecule has 1 aliphatic rings. The highest BCUT2D eigenvalue weighted by atomic mass is 16.5. The summed E-state index contributed by atoms with van der Waals surface area (Å²) in [6, 6.07) is 0.183. The van der Waals surface area contributed by atoms with Crippen LogP contribution in [0.1, 0.15) is 46.0 Å². The van der Waals surface area contributed by atoms with Crippen LogP contribution in [-0.4, -0.2) is 18.8 Å². The number of nitrogens with two attached hydrogens (primary N) is 1. The van der Waals surface area contributed by atoms with Crippen molar-refractivity contribution in [2.75, 3.05) is 6.61 Å². The average Bonchev–Trinajstić information content (AvgIpc) is 2.15. The predicted octanol–water partition coefficient (Wildman–Crippen LogP) is 2.32. The third kappa shape index (κ3) is 3.28. The van der Waals surface area contributed by atoms with Crippen molar-refractivity contribution in [3.05, 3.63) is 0 Å². The zero-order chi connectivity index (χ0) is 9.68. The quantitative estimate of drug-likeness (QED) is 0.729. The maximum Gasteiger partial charge on any atom is 0.0751 e. The van der Waals surface area contributed by atoms with Crippen molar-refractivity contribution >= 4 is 0 Å². The lowest BCUT2D eigenvalue weighted by molar-refractivity contribution is -0.00558. The Morgan fingerprint density at radius 1 is 1.31 bits per heavy atom. The van der Waals surface area contributed by atoms with Gasteiger partial charge < -0.3 is 10.5 Å². The molecule has 1 rings (SSSR count). The molecule has 0 aromatic rings. The van der Waals surface area contributed by atoms with Crippen molar-refractivity contribution in [3.63, 3.8) is 0 Å². The monoisotopic (exact) mass is 185 g/mol. The van der Waals surface area contributed by atoms with Gasteiger partial charge in [0.1, 0.15) is 0 Å². The first kappa shape index (κ1) is 11.0. The third-order valence-corrected chi connectivity index (χ3v) is 2.99. The summed E-state index contributed by atoms with van der Waals surface area (Å²) in [4.78, 5) is 0. The highest BCUT2D eigenvalue weighted by molar-refractivity contribution is 4.80. The Morgan fingerprint density at radius 2 is 1.92 bits per heavy atom. The van der Waals surface area contributed by atoms with Crippen LogP contribution in [0.2, 0.25) is 0 Å². The van der Waals surface area contributed by atoms with Crippen molar-refractivity contribution in [1.82, 2.24) is 0 Å². The summed E-state index contributed by atoms with van der Waals surface area (Å²) in [6.07, 6.45) is 7.04. The Balaban J connectivity index is 2.41. The molecule has 1 saturated carbocycles. The molecule has 0 aromatic heterocycles. The molecule has 2 atom stereocenters. The van der Waals surface area contributed by atoms with E-state index in [2.05, 4.69) is 13.8 Å². The van der Waals surface area contributed by atoms with Gasteiger partial charge in [-0.2, -0.15) is 0 Å². The minimum atomic E-state index is 0.183. The normalized spacial score (nSPS) is 24.2. The van der Waals surface area contributed by atoms with Gasteiger partial charge in [0, 0.05) is 12.6 Å². The summed E-state index contributed by atoms with van der Waals surface area (Å²) in [5, 5.41) is 0. The first-order valence-corrected chi connectivity index (χ1v) is 5.63. The van der Waals surface area contributed by atoms with E-state index in [9.17, 15) is 0 Å². The minimum absolute atomic E-state index is 0.183. The zero-order valence-electron chi connectivity index (χ0n) is 8.96. The van der Waals surface area contributed by atoms with Gasteiger partial charge in [0.15, 0.2) is 0 Å². The molecule has 78 valence electrons. The van der Waals surface area contributed by atoms with Crippen LogP contribution in [0.5, 0.6) is 0 Å². The van der Waals surface area contributed by atoms with Gasteiger partial charge in [-0.1, -0.05) is 19.3 Å². The topological polar surface area (TPSA) is 35.2 Å². The lowest BCUT2D eigenvalue weighted by Crippen LogP contribution is -2.40. The van der Waals surface area contributed by atoms with Gasteiger partial charge in [-0.25, -0.2) is 0 Å². The van der Waals surface area contributed by atoms with Crippen LogP contribution in [0.25, 0.3) is 0 Å². The molecule has 0 aliphatic heterocycles. The van der Waals surface area contributed by atoms with Crippen molar-refractivity contribution < 1.29 is 4.74 Å². The van der Waals surface area contributed by atoms with Crippen molar-refractivity contribution in [2.24, 2.45) is 11.7 Å². The third-order valence-electron chi connectivity index (χ3n) is 2.99. The molecule has 1 fully saturated rings. The van der Waals surface area contributed by atoms with Crippen molar-refractivity contribution in [1.29, 1.82) is 0 Å². The molecule has 2 unspecified atom stereocenters. The van der Waals surface area contributed by atoms with E-state index in [1.165, 1.54) is 32.1 Å². The molecule has 0 saturated heterocycles. The lowest BCUT2D eigenvalue weighted by atomic mass is 9.83. The van der Waals surface area contributed by atoms with Crippen LogP contribution in [-0.2, 0) is 4.74 Å². The van der Waals surface area contributed by atoms with Crippen LogP contribution in [0.15, 0.2) is 0 Å². The van der Waals surface area contributed by atoms with Gasteiger partial charge in [-0.15, -0.1) is 0 Å². The van der Waals surface area contributed by atoms with Gasteiger partial charge in [-0.05, 0) is 32.6 Å². The molecule has 13 heavy (non-hydrogen) atoms. The van der Waals surface area contributed by atoms with E-state index in [-0.39, 0.29) is 6.04 Å². The first-order valence-electron chi connectivity index (χ1n) is 5.63. The van der Waals surface area contributed by atoms with E-state index in [1.54, 1.807) is 0 Å². The van der Waals surface area contributed by atoms with Crippen LogP contribution in [0, 0.1) is 5.92 Å². The fourth-order valence-electron chi connectivity index (χ4n) is 2.37. The molecular weight excluding hydrogens is 162 g/mol. The summed E-state index contributed by atoms with van der Waals surface area (Å²) in [7, 11) is 0. The van der Waals surface area contributed by atoms with E-state index in [4.69, 9.17) is 10.5 Å². The van der Waals surface area contributed by atoms with Gasteiger partial charge in [0.05, 0.1) is 6.10 Å². The highest BCUT2D eigenvalue weighted by Gasteiger charge is 2.26. The van der Waals surface area contributed by atoms with Crippen LogP contribution in [0.4, 0.5) is 0 Å². The summed E-state index contributed by atoms with van der Waals surface area (Å²) >= 11 is 0. The van der Waals surface area contributed by atoms with E-state index in [0.717, 1.165) is 6.61 Å². The SMILES string of the molecule is CCOC(C(C)N)C1CCCCC1. The van der Waals surface area contributed by atoms with Crippen LogP contribution in [0.3, 0.4) is 0 Å². The highest BCUT2D eigenvalue weighted by Crippen LogP contribution is 2.28. The van der Waals surface area contributed by atoms with Crippen LogP contribution >= 0.6 is 0 Å². The lowest BCUT2D eigenvalue weighted by Gasteiger charge is -2.32. The zero-order valence-corrected chi connectivity index (χ0v) is 8.96. The maximum atomic E-state index is 5.93. The van der Waals surface area contributed by atoms with E-state index in [0.29, 0.717) is 12.0 Å². The second-order valence-corrected chi connectivity index (χ2v) is 4.18. The molecule has 1 aliphatic carbocycles. The number of hydrogen-bond acceptors (Lipinski definition) is 2. The Morgan fingerprint density at radius 3 is 2.38 bits per heavy atom. The minimum Gasteiger partial charge on any atom is -0.377 e. The van der Waals surface area contributed by atoms with E-state index >= 15 is 0 Å². The molecule has 0 bridgehead atoms. The van der Waals surface area contributed by atoms with Crippen molar-refractivity contribution in [3.8, 4) is 0 Å². The number of rotatable bonds is 4. The molecule has 2 heteroatoms.